The van der Waals surface area contributed by atoms with Crippen molar-refractivity contribution in [3.63, 3.8) is 0 Å². The second kappa shape index (κ2) is 10.5. The van der Waals surface area contributed by atoms with E-state index >= 15 is 0 Å². The third-order valence-corrected chi connectivity index (χ3v) is 6.26. The van der Waals surface area contributed by atoms with E-state index in [0.717, 1.165) is 27.5 Å². The number of amides is 2. The summed E-state index contributed by atoms with van der Waals surface area (Å²) >= 11 is 0. The van der Waals surface area contributed by atoms with Crippen molar-refractivity contribution in [2.24, 2.45) is 5.92 Å². The molecule has 0 saturated carbocycles. The van der Waals surface area contributed by atoms with Crippen LogP contribution in [0.4, 0.5) is 0 Å². The molecule has 8 nitrogen and oxygen atoms in total. The molecule has 0 bridgehead atoms. The van der Waals surface area contributed by atoms with Gasteiger partial charge in [-0.3, -0.25) is 24.3 Å². The van der Waals surface area contributed by atoms with E-state index in [1.165, 1.54) is 0 Å². The number of carboxylic acid groups (broad SMARTS) is 1. The number of carboxylic acids is 1. The largest absolute Gasteiger partial charge is 0.497 e. The number of benzene rings is 2. The van der Waals surface area contributed by atoms with Crippen LogP contribution in [0.1, 0.15) is 39.1 Å². The molecule has 2 amide bonds. The standard InChI is InChI=1S/C27H26N2O6/c1-35-19-10-8-18(9-11-19)23-12-6-17(16-28-23)7-13-24(30)22(27(33)34)14-15-29-25(31)20-4-2-3-5-21(20)26(29)32/h2-6,8-12,16,22,24,30H,7,13-15H2,1H3,(H,33,34). The van der Waals surface area contributed by atoms with Crippen LogP contribution in [0.3, 0.4) is 0 Å². The van der Waals surface area contributed by atoms with E-state index in [9.17, 15) is 24.6 Å². The lowest BCUT2D eigenvalue weighted by atomic mass is 9.93. The number of methoxy groups -OCH3 is 1. The highest BCUT2D eigenvalue weighted by molar-refractivity contribution is 6.21. The number of fused-ring (bicyclic) bond motifs is 1. The van der Waals surface area contributed by atoms with Gasteiger partial charge in [0.1, 0.15) is 5.75 Å². The number of aryl methyl sites for hydroxylation is 1. The van der Waals surface area contributed by atoms with E-state index in [2.05, 4.69) is 4.98 Å². The van der Waals surface area contributed by atoms with Crippen molar-refractivity contribution in [3.8, 4) is 17.0 Å². The lowest BCUT2D eigenvalue weighted by Gasteiger charge is -2.22. The Hall–Kier alpha value is -4.04. The van der Waals surface area contributed by atoms with Crippen LogP contribution in [0.2, 0.25) is 0 Å². The van der Waals surface area contributed by atoms with E-state index in [1.807, 2.05) is 36.4 Å². The number of carbonyl (C=O) groups is 3. The number of ether oxygens (including phenoxy) is 1. The van der Waals surface area contributed by atoms with Gasteiger partial charge in [-0.15, -0.1) is 0 Å². The molecule has 4 rings (SSSR count). The fraction of sp³-hybridized carbons (Fsp3) is 0.259. The van der Waals surface area contributed by atoms with Crippen molar-refractivity contribution < 1.29 is 29.3 Å². The van der Waals surface area contributed by atoms with Gasteiger partial charge >= 0.3 is 5.97 Å². The Morgan fingerprint density at radius 1 is 0.971 bits per heavy atom. The molecule has 180 valence electrons. The smallest absolute Gasteiger partial charge is 0.309 e. The van der Waals surface area contributed by atoms with Crippen LogP contribution < -0.4 is 4.74 Å². The minimum absolute atomic E-state index is 0.0311. The number of aromatic nitrogens is 1. The summed E-state index contributed by atoms with van der Waals surface area (Å²) in [6.07, 6.45) is 1.19. The minimum Gasteiger partial charge on any atom is -0.497 e. The van der Waals surface area contributed by atoms with Gasteiger partial charge in [0.2, 0.25) is 0 Å². The molecule has 35 heavy (non-hydrogen) atoms. The molecular weight excluding hydrogens is 448 g/mol. The third-order valence-electron chi connectivity index (χ3n) is 6.26. The summed E-state index contributed by atoms with van der Waals surface area (Å²) in [5.41, 5.74) is 3.23. The Morgan fingerprint density at radius 2 is 1.63 bits per heavy atom. The van der Waals surface area contributed by atoms with Crippen LogP contribution >= 0.6 is 0 Å². The molecule has 0 saturated heterocycles. The van der Waals surface area contributed by atoms with Gasteiger partial charge in [0.05, 0.1) is 36.0 Å². The Kier molecular flexibility index (Phi) is 7.22. The topological polar surface area (TPSA) is 117 Å². The molecule has 2 N–H and O–H groups in total. The number of hydrogen-bond donors (Lipinski definition) is 2. The average molecular weight is 475 g/mol. The fourth-order valence-electron chi connectivity index (χ4n) is 4.21. The highest BCUT2D eigenvalue weighted by Gasteiger charge is 2.36. The fourth-order valence-corrected chi connectivity index (χ4v) is 4.21. The quantitative estimate of drug-likeness (QED) is 0.432. The normalized spacial score (nSPS) is 14.5. The lowest BCUT2D eigenvalue weighted by Crippen LogP contribution is -2.36. The second-order valence-corrected chi connectivity index (χ2v) is 8.43. The first-order chi connectivity index (χ1) is 16.9. The minimum atomic E-state index is -1.16. The lowest BCUT2D eigenvalue weighted by molar-refractivity contribution is -0.146. The predicted octanol–water partition coefficient (Wildman–Crippen LogP) is 3.44. The molecule has 0 spiro atoms. The third kappa shape index (κ3) is 5.22. The number of carbonyl (C=O) groups excluding carboxylic acids is 2. The highest BCUT2D eigenvalue weighted by atomic mass is 16.5. The molecule has 1 aliphatic heterocycles. The second-order valence-electron chi connectivity index (χ2n) is 8.43. The van der Waals surface area contributed by atoms with Crippen molar-refractivity contribution in [3.05, 3.63) is 83.6 Å². The van der Waals surface area contributed by atoms with Crippen LogP contribution in [0, 0.1) is 5.92 Å². The number of rotatable bonds is 10. The summed E-state index contributed by atoms with van der Waals surface area (Å²) in [5.74, 6) is -2.39. The van der Waals surface area contributed by atoms with Crippen LogP contribution in [0.25, 0.3) is 11.3 Å². The Morgan fingerprint density at radius 3 is 2.17 bits per heavy atom. The van der Waals surface area contributed by atoms with Crippen LogP contribution in [0.5, 0.6) is 5.75 Å². The van der Waals surface area contributed by atoms with Crippen molar-refractivity contribution in [1.82, 2.24) is 9.88 Å². The SMILES string of the molecule is COc1ccc(-c2ccc(CCC(O)C(CCN3C(=O)c4ccccc4C3=O)C(=O)O)cn2)cc1. The molecular formula is C27H26N2O6. The first-order valence-corrected chi connectivity index (χ1v) is 11.3. The summed E-state index contributed by atoms with van der Waals surface area (Å²) in [7, 11) is 1.61. The Balaban J connectivity index is 1.33. The maximum atomic E-state index is 12.5. The van der Waals surface area contributed by atoms with Crippen LogP contribution in [0.15, 0.2) is 66.9 Å². The molecule has 2 unspecified atom stereocenters. The highest BCUT2D eigenvalue weighted by Crippen LogP contribution is 2.25. The number of aliphatic carboxylic acids is 1. The molecule has 2 heterocycles. The zero-order valence-corrected chi connectivity index (χ0v) is 19.3. The molecule has 1 aromatic heterocycles. The molecule has 0 aliphatic carbocycles. The summed E-state index contributed by atoms with van der Waals surface area (Å²) in [6.45, 7) is -0.0709. The van der Waals surface area contributed by atoms with E-state index in [4.69, 9.17) is 4.74 Å². The Labute approximate surface area is 202 Å². The van der Waals surface area contributed by atoms with E-state index in [0.29, 0.717) is 17.5 Å². The number of aliphatic hydroxyl groups is 1. The predicted molar refractivity (Wildman–Crippen MR) is 128 cm³/mol. The number of hydrogen-bond acceptors (Lipinski definition) is 6. The van der Waals surface area contributed by atoms with Gasteiger partial charge in [-0.1, -0.05) is 18.2 Å². The van der Waals surface area contributed by atoms with E-state index < -0.39 is 29.8 Å². The van der Waals surface area contributed by atoms with Crippen molar-refractivity contribution >= 4 is 17.8 Å². The monoisotopic (exact) mass is 474 g/mol. The molecule has 3 aromatic rings. The molecule has 2 atom stereocenters. The van der Waals surface area contributed by atoms with Gasteiger partial charge in [0, 0.05) is 18.3 Å². The van der Waals surface area contributed by atoms with Crippen LogP contribution in [-0.2, 0) is 11.2 Å². The maximum absolute atomic E-state index is 12.5. The van der Waals surface area contributed by atoms with Crippen molar-refractivity contribution in [2.45, 2.75) is 25.4 Å². The van der Waals surface area contributed by atoms with Crippen molar-refractivity contribution in [2.75, 3.05) is 13.7 Å². The van der Waals surface area contributed by atoms with Gasteiger partial charge in [-0.05, 0) is 67.3 Å². The van der Waals surface area contributed by atoms with Gasteiger partial charge in [0.25, 0.3) is 11.8 Å². The number of nitrogens with zero attached hydrogens (tertiary/aromatic N) is 2. The van der Waals surface area contributed by atoms with Gasteiger partial charge in [0.15, 0.2) is 0 Å². The average Bonchev–Trinajstić information content (AvgIpc) is 3.12. The summed E-state index contributed by atoms with van der Waals surface area (Å²) < 4.78 is 5.16. The zero-order valence-electron chi connectivity index (χ0n) is 19.3. The van der Waals surface area contributed by atoms with Gasteiger partial charge < -0.3 is 14.9 Å². The molecule has 8 heteroatoms. The number of aliphatic hydroxyl groups excluding tert-OH is 1. The first-order valence-electron chi connectivity index (χ1n) is 11.3. The molecule has 0 fully saturated rings. The molecule has 2 aromatic carbocycles. The molecule has 0 radical (unpaired) electrons. The molecule has 1 aliphatic rings. The Bertz CT molecular complexity index is 1190. The van der Waals surface area contributed by atoms with E-state index in [-0.39, 0.29) is 19.4 Å². The van der Waals surface area contributed by atoms with E-state index in [1.54, 1.807) is 37.6 Å². The summed E-state index contributed by atoms with van der Waals surface area (Å²) in [5, 5.41) is 20.3. The summed E-state index contributed by atoms with van der Waals surface area (Å²) in [6, 6.07) is 17.8. The maximum Gasteiger partial charge on any atom is 0.309 e. The zero-order chi connectivity index (χ0) is 24.9. The van der Waals surface area contributed by atoms with Crippen molar-refractivity contribution in [1.29, 1.82) is 0 Å². The first kappa shape index (κ1) is 24.1. The van der Waals surface area contributed by atoms with Crippen LogP contribution in [-0.4, -0.2) is 57.6 Å². The van der Waals surface area contributed by atoms with Gasteiger partial charge in [-0.25, -0.2) is 0 Å². The summed E-state index contributed by atoms with van der Waals surface area (Å²) in [4.78, 5) is 42.4. The number of imide groups is 1. The van der Waals surface area contributed by atoms with Gasteiger partial charge in [-0.2, -0.15) is 0 Å². The number of pyridine rings is 1.